The summed E-state index contributed by atoms with van der Waals surface area (Å²) >= 11 is 0. The average Bonchev–Trinajstić information content (AvgIpc) is 2.90. The number of ether oxygens (including phenoxy) is 1. The first-order valence-corrected chi connectivity index (χ1v) is 12.9. The highest BCUT2D eigenvalue weighted by Crippen LogP contribution is 2.23. The third-order valence-corrected chi connectivity index (χ3v) is 6.76. The Morgan fingerprint density at radius 1 is 1.24 bits per heavy atom. The Morgan fingerprint density at radius 3 is 2.68 bits per heavy atom. The zero-order valence-corrected chi connectivity index (χ0v) is 22.2. The molecule has 1 aliphatic heterocycles. The second kappa shape index (κ2) is 12.2. The fraction of sp³-hybridized carbons (Fsp3) is 0.500. The van der Waals surface area contributed by atoms with E-state index in [1.807, 2.05) is 6.92 Å². The number of methoxy groups -OCH3 is 1. The first-order chi connectivity index (χ1) is 18.3. The molecule has 4 N–H and O–H groups in total. The highest BCUT2D eigenvalue weighted by molar-refractivity contribution is 5.95. The van der Waals surface area contributed by atoms with E-state index in [0.717, 1.165) is 25.9 Å². The number of aliphatic hydroxyl groups is 1. The molecule has 1 aromatic carbocycles. The molecule has 2 aromatic heterocycles. The smallest absolute Gasteiger partial charge is 0.280 e. The fourth-order valence-corrected chi connectivity index (χ4v) is 4.73. The van der Waals surface area contributed by atoms with Crippen LogP contribution in [-0.4, -0.2) is 93.0 Å². The van der Waals surface area contributed by atoms with Gasteiger partial charge in [-0.1, -0.05) is 19.4 Å². The lowest BCUT2D eigenvalue weighted by atomic mass is 10.1. The number of aromatic nitrogens is 4. The Hall–Kier alpha value is -3.77. The monoisotopic (exact) mass is 524 g/mol. The van der Waals surface area contributed by atoms with Gasteiger partial charge >= 0.3 is 0 Å². The predicted molar refractivity (Wildman–Crippen MR) is 146 cm³/mol. The summed E-state index contributed by atoms with van der Waals surface area (Å²) in [5.74, 6) is 0.874. The molecule has 1 amide bonds. The summed E-state index contributed by atoms with van der Waals surface area (Å²) in [7, 11) is 1.53. The van der Waals surface area contributed by atoms with Crippen LogP contribution in [0.15, 0.2) is 29.2 Å². The summed E-state index contributed by atoms with van der Waals surface area (Å²) in [6.07, 6.45) is 3.40. The third-order valence-electron chi connectivity index (χ3n) is 6.76. The van der Waals surface area contributed by atoms with Gasteiger partial charge in [0.15, 0.2) is 0 Å². The molecular weight excluding hydrogens is 488 g/mol. The predicted octanol–water partition coefficient (Wildman–Crippen LogP) is 1.18. The summed E-state index contributed by atoms with van der Waals surface area (Å²) in [6.45, 7) is 7.62. The van der Waals surface area contributed by atoms with E-state index in [9.17, 15) is 9.59 Å². The van der Waals surface area contributed by atoms with E-state index < -0.39 is 0 Å². The molecule has 0 aliphatic carbocycles. The molecule has 12 heteroatoms. The molecule has 204 valence electrons. The van der Waals surface area contributed by atoms with E-state index in [1.165, 1.54) is 18.0 Å². The molecule has 1 saturated heterocycles. The number of nitrogens with two attached hydrogens (primary N) is 1. The Labute approximate surface area is 221 Å². The van der Waals surface area contributed by atoms with Crippen molar-refractivity contribution in [1.29, 1.82) is 0 Å². The van der Waals surface area contributed by atoms with Crippen LogP contribution in [0.1, 0.15) is 42.6 Å². The van der Waals surface area contributed by atoms with Crippen LogP contribution in [0.5, 0.6) is 5.75 Å². The number of anilines is 2. The number of nitrogen functional groups attached to an aromatic ring is 1. The van der Waals surface area contributed by atoms with Crippen molar-refractivity contribution in [3.63, 3.8) is 0 Å². The summed E-state index contributed by atoms with van der Waals surface area (Å²) in [5, 5.41) is 17.0. The Balaban J connectivity index is 1.58. The lowest BCUT2D eigenvalue weighted by Gasteiger charge is -2.34. The number of hydrogen-bond donors (Lipinski definition) is 3. The molecule has 0 spiro atoms. The molecule has 0 radical (unpaired) electrons. The number of hydrogen-bond acceptors (Lipinski definition) is 10. The van der Waals surface area contributed by atoms with Gasteiger partial charge in [0.2, 0.25) is 5.95 Å². The number of carbonyl (C=O) groups is 1. The standard InChI is InChI=1S/C26H36N8O4/c1-4-5-17(2)29-23-22-20(30-26(27)31-23)15-28-34(25(22)37)16-19-7-6-18(14-21(19)38-3)24(36)33-10-8-32(9-11-33)12-13-35/h6-7,14-15,17,35H,4-5,8-13,16H2,1-3H3,(H3,27,29,30,31)/t17-/m0/s1. The van der Waals surface area contributed by atoms with Crippen LogP contribution in [0.3, 0.4) is 0 Å². The molecule has 0 saturated carbocycles. The summed E-state index contributed by atoms with van der Waals surface area (Å²) in [5.41, 5.74) is 7.12. The van der Waals surface area contributed by atoms with Crippen LogP contribution in [0.25, 0.3) is 10.9 Å². The number of nitrogens with one attached hydrogen (secondary N) is 1. The minimum Gasteiger partial charge on any atom is -0.496 e. The number of aliphatic hydroxyl groups excluding tert-OH is 1. The molecule has 1 aliphatic rings. The van der Waals surface area contributed by atoms with Crippen LogP contribution in [0.2, 0.25) is 0 Å². The maximum atomic E-state index is 13.5. The zero-order chi connectivity index (χ0) is 27.2. The van der Waals surface area contributed by atoms with Gasteiger partial charge in [0, 0.05) is 49.9 Å². The number of β-amino-alcohol motifs (C(OH)–C–C–N with tert-alkyl or cyclic N) is 1. The minimum absolute atomic E-state index is 0.0689. The molecule has 12 nitrogen and oxygen atoms in total. The lowest BCUT2D eigenvalue weighted by molar-refractivity contribution is 0.0614. The van der Waals surface area contributed by atoms with E-state index in [-0.39, 0.29) is 36.6 Å². The van der Waals surface area contributed by atoms with Gasteiger partial charge in [-0.05, 0) is 25.5 Å². The van der Waals surface area contributed by atoms with E-state index in [2.05, 4.69) is 32.2 Å². The van der Waals surface area contributed by atoms with E-state index >= 15 is 0 Å². The number of nitrogens with zero attached hydrogens (tertiary/aromatic N) is 6. The van der Waals surface area contributed by atoms with Gasteiger partial charge in [0.25, 0.3) is 11.5 Å². The van der Waals surface area contributed by atoms with Gasteiger partial charge in [-0.3, -0.25) is 14.5 Å². The maximum absolute atomic E-state index is 13.5. The number of carbonyl (C=O) groups excluding carboxylic acids is 1. The van der Waals surface area contributed by atoms with Gasteiger partial charge in [-0.25, -0.2) is 9.67 Å². The summed E-state index contributed by atoms with van der Waals surface area (Å²) in [4.78, 5) is 39.0. The fourth-order valence-electron chi connectivity index (χ4n) is 4.73. The van der Waals surface area contributed by atoms with Crippen molar-refractivity contribution in [3.05, 3.63) is 45.9 Å². The van der Waals surface area contributed by atoms with Gasteiger partial charge < -0.3 is 25.8 Å². The zero-order valence-electron chi connectivity index (χ0n) is 22.2. The number of amides is 1. The molecule has 3 aromatic rings. The maximum Gasteiger partial charge on any atom is 0.280 e. The molecule has 1 fully saturated rings. The molecule has 0 bridgehead atoms. The quantitative estimate of drug-likeness (QED) is 0.352. The van der Waals surface area contributed by atoms with Gasteiger partial charge in [0.05, 0.1) is 26.5 Å². The van der Waals surface area contributed by atoms with E-state index in [1.54, 1.807) is 23.1 Å². The van der Waals surface area contributed by atoms with Gasteiger partial charge in [-0.15, -0.1) is 0 Å². The van der Waals surface area contributed by atoms with Crippen molar-refractivity contribution >= 4 is 28.6 Å². The van der Waals surface area contributed by atoms with Crippen molar-refractivity contribution in [2.24, 2.45) is 0 Å². The number of rotatable bonds is 10. The van der Waals surface area contributed by atoms with Crippen LogP contribution < -0.4 is 21.3 Å². The normalized spacial score (nSPS) is 15.0. The van der Waals surface area contributed by atoms with Gasteiger partial charge in [-0.2, -0.15) is 10.1 Å². The van der Waals surface area contributed by atoms with Gasteiger partial charge in [0.1, 0.15) is 22.5 Å². The number of fused-ring (bicyclic) bond motifs is 1. The highest BCUT2D eigenvalue weighted by atomic mass is 16.5. The Kier molecular flexibility index (Phi) is 8.74. The highest BCUT2D eigenvalue weighted by Gasteiger charge is 2.23. The van der Waals surface area contributed by atoms with Crippen molar-refractivity contribution in [2.45, 2.75) is 39.3 Å². The number of piperazine rings is 1. The van der Waals surface area contributed by atoms with Crippen LogP contribution >= 0.6 is 0 Å². The van der Waals surface area contributed by atoms with Crippen LogP contribution in [0.4, 0.5) is 11.8 Å². The number of benzene rings is 1. The second-order valence-electron chi connectivity index (χ2n) is 9.52. The second-order valence-corrected chi connectivity index (χ2v) is 9.52. The molecule has 4 rings (SSSR count). The van der Waals surface area contributed by atoms with Crippen molar-refractivity contribution < 1.29 is 14.6 Å². The first kappa shape index (κ1) is 27.3. The summed E-state index contributed by atoms with van der Waals surface area (Å²) < 4.78 is 6.92. The lowest BCUT2D eigenvalue weighted by Crippen LogP contribution is -2.49. The topological polar surface area (TPSA) is 152 Å². The molecule has 3 heterocycles. The third kappa shape index (κ3) is 6.03. The van der Waals surface area contributed by atoms with Crippen molar-refractivity contribution in [2.75, 3.05) is 57.5 Å². The first-order valence-electron chi connectivity index (χ1n) is 12.9. The van der Waals surface area contributed by atoms with Crippen molar-refractivity contribution in [1.82, 2.24) is 29.5 Å². The molecule has 38 heavy (non-hydrogen) atoms. The summed E-state index contributed by atoms with van der Waals surface area (Å²) in [6, 6.07) is 5.33. The van der Waals surface area contributed by atoms with Crippen LogP contribution in [-0.2, 0) is 6.54 Å². The Bertz CT molecular complexity index is 1340. The largest absolute Gasteiger partial charge is 0.496 e. The van der Waals surface area contributed by atoms with E-state index in [4.69, 9.17) is 15.6 Å². The SMILES string of the molecule is CCC[C@H](C)Nc1nc(N)nc2cnn(Cc3ccc(C(=O)N4CCN(CCO)CC4)cc3OC)c(=O)c12. The minimum atomic E-state index is -0.350. The van der Waals surface area contributed by atoms with E-state index in [0.29, 0.717) is 53.2 Å². The molecular formula is C26H36N8O4. The molecule has 0 unspecified atom stereocenters. The Morgan fingerprint density at radius 2 is 2.00 bits per heavy atom. The average molecular weight is 525 g/mol. The van der Waals surface area contributed by atoms with Crippen LogP contribution in [0, 0.1) is 0 Å². The molecule has 1 atom stereocenters. The van der Waals surface area contributed by atoms with Crippen molar-refractivity contribution in [3.8, 4) is 5.75 Å².